The number of rotatable bonds is 5. The number of methoxy groups -OCH3 is 1. The van der Waals surface area contributed by atoms with Crippen LogP contribution in [0.1, 0.15) is 23.6 Å². The van der Waals surface area contributed by atoms with E-state index in [-0.39, 0.29) is 30.4 Å². The first kappa shape index (κ1) is 23.3. The van der Waals surface area contributed by atoms with Gasteiger partial charge in [0.2, 0.25) is 11.8 Å². The highest BCUT2D eigenvalue weighted by molar-refractivity contribution is 6.19. The highest BCUT2D eigenvalue weighted by atomic mass is 16.5. The van der Waals surface area contributed by atoms with Gasteiger partial charge in [-0.2, -0.15) is 0 Å². The van der Waals surface area contributed by atoms with Gasteiger partial charge in [0.1, 0.15) is 11.2 Å². The molecule has 4 heterocycles. The van der Waals surface area contributed by atoms with Gasteiger partial charge in [0.05, 0.1) is 7.11 Å². The van der Waals surface area contributed by atoms with Crippen LogP contribution in [0.5, 0.6) is 5.75 Å². The first-order chi connectivity index (χ1) is 16.7. The number of carbonyl (C=O) groups excluding carboxylic acids is 3. The van der Waals surface area contributed by atoms with E-state index in [9.17, 15) is 19.2 Å². The molecule has 184 valence electrons. The summed E-state index contributed by atoms with van der Waals surface area (Å²) in [6.07, 6.45) is 1.10. The maximum absolute atomic E-state index is 13.7. The minimum absolute atomic E-state index is 0.0118. The molecule has 2 fully saturated rings. The van der Waals surface area contributed by atoms with Crippen LogP contribution >= 0.6 is 0 Å². The highest BCUT2D eigenvalue weighted by Crippen LogP contribution is 2.40. The smallest absolute Gasteiger partial charge is 0.332 e. The Kier molecular flexibility index (Phi) is 5.75. The van der Waals surface area contributed by atoms with Crippen LogP contribution in [-0.4, -0.2) is 78.0 Å². The van der Waals surface area contributed by atoms with Gasteiger partial charge in [0.25, 0.3) is 5.56 Å². The Hall–Kier alpha value is -3.46. The van der Waals surface area contributed by atoms with E-state index in [2.05, 4.69) is 4.90 Å². The number of imide groups is 2. The maximum atomic E-state index is 13.7. The summed E-state index contributed by atoms with van der Waals surface area (Å²) >= 11 is 0. The summed E-state index contributed by atoms with van der Waals surface area (Å²) in [6, 6.07) is 12.1. The number of barbiturate groups is 1. The lowest BCUT2D eigenvalue weighted by Gasteiger charge is -2.48. The van der Waals surface area contributed by atoms with Gasteiger partial charge >= 0.3 is 6.03 Å². The Morgan fingerprint density at radius 2 is 1.63 bits per heavy atom. The average Bonchev–Trinajstić information content (AvgIpc) is 2.86. The summed E-state index contributed by atoms with van der Waals surface area (Å²) in [6.45, 7) is 2.12. The number of likely N-dealkylation sites (tertiary alicyclic amines) is 1. The number of carbonyl (C=O) groups is 3. The number of fused-ring (bicyclic) bond motifs is 4. The van der Waals surface area contributed by atoms with Crippen molar-refractivity contribution in [3.05, 3.63) is 64.1 Å². The van der Waals surface area contributed by atoms with Crippen molar-refractivity contribution in [1.29, 1.82) is 0 Å². The van der Waals surface area contributed by atoms with Gasteiger partial charge in [-0.15, -0.1) is 0 Å². The molecule has 4 amide bonds. The molecule has 5 rings (SSSR count). The predicted octanol–water partition coefficient (Wildman–Crippen LogP) is 1.56. The molecule has 35 heavy (non-hydrogen) atoms. The molecule has 0 aliphatic carbocycles. The Labute approximate surface area is 203 Å². The van der Waals surface area contributed by atoms with Gasteiger partial charge in [-0.3, -0.25) is 24.2 Å². The van der Waals surface area contributed by atoms with Crippen LogP contribution in [0.2, 0.25) is 0 Å². The van der Waals surface area contributed by atoms with E-state index in [1.165, 1.54) is 14.1 Å². The Balaban J connectivity index is 1.52. The number of hydrogen-bond acceptors (Lipinski definition) is 6. The fraction of sp³-hybridized carbons (Fsp3) is 0.462. The fourth-order valence-electron chi connectivity index (χ4n) is 6.16. The van der Waals surface area contributed by atoms with Crippen molar-refractivity contribution in [3.63, 3.8) is 0 Å². The van der Waals surface area contributed by atoms with Gasteiger partial charge in [-0.25, -0.2) is 4.79 Å². The van der Waals surface area contributed by atoms with Crippen LogP contribution in [-0.2, 0) is 22.6 Å². The number of aromatic nitrogens is 1. The second kappa shape index (κ2) is 8.64. The third-order valence-electron chi connectivity index (χ3n) is 7.74. The number of hydrogen-bond donors (Lipinski definition) is 0. The first-order valence-electron chi connectivity index (χ1n) is 11.9. The third kappa shape index (κ3) is 3.74. The standard InChI is InChI=1S/C26H30N4O5/c1-27-23(32)26(24(33)28(2)25(27)34,12-18-7-4-5-9-21(18)35-3)16-29-13-17-11-19(15-29)20-8-6-10-22(31)30(20)14-17/h4-10,17,19H,11-16H2,1-3H3/t17-,19-/m1/s1. The number of benzene rings is 1. The molecule has 0 saturated carbocycles. The number of piperidine rings is 1. The number of pyridine rings is 1. The minimum Gasteiger partial charge on any atom is -0.496 e. The number of amides is 4. The Morgan fingerprint density at radius 3 is 2.34 bits per heavy atom. The molecule has 0 radical (unpaired) electrons. The molecule has 1 aromatic carbocycles. The summed E-state index contributed by atoms with van der Waals surface area (Å²) in [5, 5.41) is 0. The molecule has 0 N–H and O–H groups in total. The van der Waals surface area contributed by atoms with E-state index >= 15 is 0 Å². The Morgan fingerprint density at radius 1 is 0.914 bits per heavy atom. The van der Waals surface area contributed by atoms with Gasteiger partial charge < -0.3 is 14.2 Å². The van der Waals surface area contributed by atoms with Crippen molar-refractivity contribution >= 4 is 17.8 Å². The maximum Gasteiger partial charge on any atom is 0.332 e. The zero-order valence-corrected chi connectivity index (χ0v) is 20.3. The van der Waals surface area contributed by atoms with Crippen LogP contribution in [0.3, 0.4) is 0 Å². The lowest BCUT2D eigenvalue weighted by molar-refractivity contribution is -0.159. The molecule has 9 nitrogen and oxygen atoms in total. The largest absolute Gasteiger partial charge is 0.496 e. The van der Waals surface area contributed by atoms with Crippen LogP contribution in [0.4, 0.5) is 4.79 Å². The van der Waals surface area contributed by atoms with Crippen molar-refractivity contribution in [2.45, 2.75) is 25.3 Å². The second-order valence-electron chi connectivity index (χ2n) is 9.97. The molecule has 2 aromatic rings. The number of urea groups is 1. The van der Waals surface area contributed by atoms with E-state index in [1.54, 1.807) is 25.3 Å². The molecule has 3 aliphatic heterocycles. The molecular weight excluding hydrogens is 448 g/mol. The molecule has 9 heteroatoms. The average molecular weight is 479 g/mol. The van der Waals surface area contributed by atoms with Crippen LogP contribution in [0, 0.1) is 11.3 Å². The van der Waals surface area contributed by atoms with E-state index in [4.69, 9.17) is 4.74 Å². The van der Waals surface area contributed by atoms with Crippen LogP contribution < -0.4 is 10.3 Å². The van der Waals surface area contributed by atoms with Gasteiger partial charge in [-0.1, -0.05) is 24.3 Å². The molecular formula is C26H30N4O5. The van der Waals surface area contributed by atoms with Gasteiger partial charge in [-0.05, 0) is 30.0 Å². The third-order valence-corrected chi connectivity index (χ3v) is 7.74. The van der Waals surface area contributed by atoms with E-state index < -0.39 is 23.3 Å². The van der Waals surface area contributed by atoms with E-state index in [0.29, 0.717) is 25.4 Å². The summed E-state index contributed by atoms with van der Waals surface area (Å²) in [4.78, 5) is 56.7. The van der Waals surface area contributed by atoms with Gasteiger partial charge in [0, 0.05) is 64.4 Å². The first-order valence-corrected chi connectivity index (χ1v) is 11.9. The minimum atomic E-state index is -1.46. The molecule has 0 unspecified atom stereocenters. The topological polar surface area (TPSA) is 92.2 Å². The fourth-order valence-corrected chi connectivity index (χ4v) is 6.16. The van der Waals surface area contributed by atoms with Crippen molar-refractivity contribution in [2.75, 3.05) is 40.8 Å². The molecule has 3 aliphatic rings. The van der Waals surface area contributed by atoms with Crippen molar-refractivity contribution in [3.8, 4) is 5.75 Å². The highest BCUT2D eigenvalue weighted by Gasteiger charge is 2.57. The number of para-hydroxylation sites is 1. The summed E-state index contributed by atoms with van der Waals surface area (Å²) in [5.74, 6) is -0.00708. The predicted molar refractivity (Wildman–Crippen MR) is 128 cm³/mol. The van der Waals surface area contributed by atoms with Crippen molar-refractivity contribution in [1.82, 2.24) is 19.3 Å². The van der Waals surface area contributed by atoms with Crippen molar-refractivity contribution < 1.29 is 19.1 Å². The quantitative estimate of drug-likeness (QED) is 0.606. The number of ether oxygens (including phenoxy) is 1. The van der Waals surface area contributed by atoms with Crippen molar-refractivity contribution in [2.24, 2.45) is 11.3 Å². The summed E-state index contributed by atoms with van der Waals surface area (Å²) in [7, 11) is 4.42. The molecule has 0 spiro atoms. The van der Waals surface area contributed by atoms with E-state index in [1.807, 2.05) is 28.8 Å². The van der Waals surface area contributed by atoms with Crippen LogP contribution in [0.25, 0.3) is 0 Å². The zero-order chi connectivity index (χ0) is 24.9. The summed E-state index contributed by atoms with van der Waals surface area (Å²) in [5.41, 5.74) is 0.288. The zero-order valence-electron chi connectivity index (χ0n) is 20.3. The SMILES string of the molecule is COc1ccccc1CC1(CN2C[C@H]3C[C@H](C2)c2cccc(=O)n2C3)C(=O)N(C)C(=O)N(C)C1=O. The monoisotopic (exact) mass is 478 g/mol. The molecule has 2 atom stereocenters. The second-order valence-corrected chi connectivity index (χ2v) is 9.97. The molecule has 1 aromatic heterocycles. The van der Waals surface area contributed by atoms with Gasteiger partial charge in [0.15, 0.2) is 0 Å². The normalized spacial score (nSPS) is 23.9. The lowest BCUT2D eigenvalue weighted by atomic mass is 9.75. The molecule has 2 saturated heterocycles. The lowest BCUT2D eigenvalue weighted by Crippen LogP contribution is -2.67. The Bertz CT molecular complexity index is 1230. The number of nitrogens with zero attached hydrogens (tertiary/aromatic N) is 4. The van der Waals surface area contributed by atoms with Crippen LogP contribution in [0.15, 0.2) is 47.3 Å². The molecule has 2 bridgehead atoms. The summed E-state index contributed by atoms with van der Waals surface area (Å²) < 4.78 is 7.37. The van der Waals surface area contributed by atoms with E-state index in [0.717, 1.165) is 27.5 Å².